The molecular weight excluding hydrogens is 252 g/mol. The molecule has 0 unspecified atom stereocenters. The first-order chi connectivity index (χ1) is 9.60. The minimum Gasteiger partial charge on any atom is -0.465 e. The zero-order valence-corrected chi connectivity index (χ0v) is 12.4. The number of hydrogen-bond donors (Lipinski definition) is 2. The summed E-state index contributed by atoms with van der Waals surface area (Å²) < 4.78 is 4.69. The summed E-state index contributed by atoms with van der Waals surface area (Å²) in [4.78, 5) is 11.4. The lowest BCUT2D eigenvalue weighted by atomic mass is 9.83. The van der Waals surface area contributed by atoms with Gasteiger partial charge in [-0.2, -0.15) is 0 Å². The molecule has 0 aromatic heterocycles. The highest BCUT2D eigenvalue weighted by Gasteiger charge is 2.31. The fourth-order valence-corrected chi connectivity index (χ4v) is 3.03. The van der Waals surface area contributed by atoms with Crippen molar-refractivity contribution < 1.29 is 9.53 Å². The molecule has 1 aromatic rings. The van der Waals surface area contributed by atoms with Gasteiger partial charge in [0.25, 0.3) is 0 Å². The van der Waals surface area contributed by atoms with Crippen LogP contribution in [0.25, 0.3) is 0 Å². The van der Waals surface area contributed by atoms with E-state index >= 15 is 0 Å². The van der Waals surface area contributed by atoms with Crippen LogP contribution in [0, 0.1) is 5.41 Å². The van der Waals surface area contributed by atoms with Crippen LogP contribution >= 0.6 is 0 Å². The van der Waals surface area contributed by atoms with Gasteiger partial charge in [0.1, 0.15) is 0 Å². The van der Waals surface area contributed by atoms with Gasteiger partial charge in [0.05, 0.1) is 24.0 Å². The van der Waals surface area contributed by atoms with Crippen molar-refractivity contribution in [2.75, 3.05) is 24.7 Å². The van der Waals surface area contributed by atoms with Crippen molar-refractivity contribution in [2.45, 2.75) is 39.0 Å². The number of nitrogens with one attached hydrogen (secondary N) is 1. The molecule has 0 bridgehead atoms. The van der Waals surface area contributed by atoms with Crippen LogP contribution in [-0.4, -0.2) is 19.6 Å². The van der Waals surface area contributed by atoms with Crippen molar-refractivity contribution in [3.8, 4) is 0 Å². The van der Waals surface area contributed by atoms with Crippen LogP contribution in [0.3, 0.4) is 0 Å². The SMILES string of the molecule is CCC1(CNc2ccc(C(=O)OC)cc2N)CCCC1. The molecule has 0 spiro atoms. The van der Waals surface area contributed by atoms with Crippen molar-refractivity contribution in [2.24, 2.45) is 5.41 Å². The predicted molar refractivity (Wildman–Crippen MR) is 81.9 cm³/mol. The quantitative estimate of drug-likeness (QED) is 0.638. The second-order valence-corrected chi connectivity index (χ2v) is 5.71. The van der Waals surface area contributed by atoms with E-state index in [0.717, 1.165) is 12.2 Å². The first-order valence-corrected chi connectivity index (χ1v) is 7.32. The van der Waals surface area contributed by atoms with E-state index < -0.39 is 0 Å². The summed E-state index contributed by atoms with van der Waals surface area (Å²) in [6.45, 7) is 3.21. The maximum Gasteiger partial charge on any atom is 0.337 e. The van der Waals surface area contributed by atoms with E-state index in [4.69, 9.17) is 10.5 Å². The molecule has 110 valence electrons. The first-order valence-electron chi connectivity index (χ1n) is 7.32. The van der Waals surface area contributed by atoms with Crippen molar-refractivity contribution in [3.63, 3.8) is 0 Å². The molecule has 2 rings (SSSR count). The molecule has 0 aliphatic heterocycles. The third-order valence-electron chi connectivity index (χ3n) is 4.54. The number of anilines is 2. The van der Waals surface area contributed by atoms with Gasteiger partial charge in [0.2, 0.25) is 0 Å². The largest absolute Gasteiger partial charge is 0.465 e. The average Bonchev–Trinajstić information content (AvgIpc) is 2.94. The Morgan fingerprint density at radius 1 is 1.40 bits per heavy atom. The standard InChI is InChI=1S/C16H24N2O2/c1-3-16(8-4-5-9-16)11-18-14-7-6-12(10-13(14)17)15(19)20-2/h6-7,10,18H,3-5,8-9,11,17H2,1-2H3. The zero-order chi connectivity index (χ0) is 14.6. The fraction of sp³-hybridized carbons (Fsp3) is 0.562. The van der Waals surface area contributed by atoms with Gasteiger partial charge in [-0.25, -0.2) is 4.79 Å². The Morgan fingerprint density at radius 3 is 2.65 bits per heavy atom. The molecule has 3 N–H and O–H groups in total. The number of hydrogen-bond acceptors (Lipinski definition) is 4. The van der Waals surface area contributed by atoms with Gasteiger partial charge in [-0.3, -0.25) is 0 Å². The lowest BCUT2D eigenvalue weighted by molar-refractivity contribution is 0.0601. The monoisotopic (exact) mass is 276 g/mol. The highest BCUT2D eigenvalue weighted by atomic mass is 16.5. The highest BCUT2D eigenvalue weighted by Crippen LogP contribution is 2.41. The Balaban J connectivity index is 2.04. The summed E-state index contributed by atoms with van der Waals surface area (Å²) in [5.41, 5.74) is 8.41. The van der Waals surface area contributed by atoms with Crippen molar-refractivity contribution in [1.29, 1.82) is 0 Å². The normalized spacial score (nSPS) is 16.9. The molecule has 1 aromatic carbocycles. The molecule has 0 saturated heterocycles. The summed E-state index contributed by atoms with van der Waals surface area (Å²) in [5, 5.41) is 3.45. The number of carbonyl (C=O) groups is 1. The number of nitrogens with two attached hydrogens (primary N) is 1. The van der Waals surface area contributed by atoms with Gasteiger partial charge >= 0.3 is 5.97 Å². The Labute approximate surface area is 120 Å². The Bertz CT molecular complexity index is 479. The lowest BCUT2D eigenvalue weighted by Crippen LogP contribution is -2.26. The molecule has 1 fully saturated rings. The Kier molecular flexibility index (Phi) is 4.53. The Hall–Kier alpha value is -1.71. The summed E-state index contributed by atoms with van der Waals surface area (Å²) >= 11 is 0. The molecule has 1 saturated carbocycles. The van der Waals surface area contributed by atoms with E-state index in [9.17, 15) is 4.79 Å². The molecule has 0 atom stereocenters. The van der Waals surface area contributed by atoms with Crippen LogP contribution in [-0.2, 0) is 4.74 Å². The molecular formula is C16H24N2O2. The number of benzene rings is 1. The second kappa shape index (κ2) is 6.16. The van der Waals surface area contributed by atoms with Crippen LogP contribution < -0.4 is 11.1 Å². The summed E-state index contributed by atoms with van der Waals surface area (Å²) in [6.07, 6.45) is 6.42. The van der Waals surface area contributed by atoms with Crippen LogP contribution in [0.2, 0.25) is 0 Å². The van der Waals surface area contributed by atoms with E-state index in [2.05, 4.69) is 12.2 Å². The van der Waals surface area contributed by atoms with Gasteiger partial charge < -0.3 is 15.8 Å². The maximum absolute atomic E-state index is 11.4. The van der Waals surface area contributed by atoms with Crippen molar-refractivity contribution in [1.82, 2.24) is 0 Å². The van der Waals surface area contributed by atoms with Gasteiger partial charge in [-0.05, 0) is 42.9 Å². The second-order valence-electron chi connectivity index (χ2n) is 5.71. The van der Waals surface area contributed by atoms with Gasteiger partial charge in [-0.1, -0.05) is 19.8 Å². The van der Waals surface area contributed by atoms with Crippen LogP contribution in [0.4, 0.5) is 11.4 Å². The van der Waals surface area contributed by atoms with E-state index in [1.165, 1.54) is 39.2 Å². The number of ether oxygens (including phenoxy) is 1. The molecule has 0 radical (unpaired) electrons. The highest BCUT2D eigenvalue weighted by molar-refractivity contribution is 5.91. The molecule has 1 aliphatic carbocycles. The lowest BCUT2D eigenvalue weighted by Gasteiger charge is -2.28. The number of esters is 1. The molecule has 4 nitrogen and oxygen atoms in total. The maximum atomic E-state index is 11.4. The van der Waals surface area contributed by atoms with Crippen molar-refractivity contribution >= 4 is 17.3 Å². The summed E-state index contributed by atoms with van der Waals surface area (Å²) in [5.74, 6) is -0.357. The molecule has 4 heteroatoms. The summed E-state index contributed by atoms with van der Waals surface area (Å²) in [6, 6.07) is 5.28. The number of methoxy groups -OCH3 is 1. The fourth-order valence-electron chi connectivity index (χ4n) is 3.03. The third kappa shape index (κ3) is 3.06. The van der Waals surface area contributed by atoms with Crippen LogP contribution in [0.15, 0.2) is 18.2 Å². The number of carbonyl (C=O) groups excluding carboxylic acids is 1. The van der Waals surface area contributed by atoms with Gasteiger partial charge in [0.15, 0.2) is 0 Å². The summed E-state index contributed by atoms with van der Waals surface area (Å²) in [7, 11) is 1.37. The van der Waals surface area contributed by atoms with E-state index in [1.807, 2.05) is 6.07 Å². The minimum absolute atomic E-state index is 0.357. The molecule has 1 aliphatic rings. The predicted octanol–water partition coefficient (Wildman–Crippen LogP) is 3.44. The van der Waals surface area contributed by atoms with Gasteiger partial charge in [-0.15, -0.1) is 0 Å². The third-order valence-corrected chi connectivity index (χ3v) is 4.54. The van der Waals surface area contributed by atoms with Crippen molar-refractivity contribution in [3.05, 3.63) is 23.8 Å². The van der Waals surface area contributed by atoms with Crippen LogP contribution in [0.1, 0.15) is 49.4 Å². The van der Waals surface area contributed by atoms with E-state index in [1.54, 1.807) is 12.1 Å². The number of rotatable bonds is 5. The van der Waals surface area contributed by atoms with Crippen LogP contribution in [0.5, 0.6) is 0 Å². The average molecular weight is 276 g/mol. The Morgan fingerprint density at radius 2 is 2.10 bits per heavy atom. The smallest absolute Gasteiger partial charge is 0.337 e. The van der Waals surface area contributed by atoms with Gasteiger partial charge in [0, 0.05) is 6.54 Å². The first kappa shape index (κ1) is 14.7. The number of nitrogen functional groups attached to an aromatic ring is 1. The van der Waals surface area contributed by atoms with E-state index in [-0.39, 0.29) is 5.97 Å². The topological polar surface area (TPSA) is 64.3 Å². The van der Waals surface area contributed by atoms with E-state index in [0.29, 0.717) is 16.7 Å². The minimum atomic E-state index is -0.357. The molecule has 0 amide bonds. The molecule has 0 heterocycles. The molecule has 20 heavy (non-hydrogen) atoms. The zero-order valence-electron chi connectivity index (χ0n) is 12.4.